The first kappa shape index (κ1) is 13.4. The van der Waals surface area contributed by atoms with Gasteiger partial charge in [-0.2, -0.15) is 0 Å². The molecule has 0 spiro atoms. The smallest absolute Gasteiger partial charge is 0.0809 e. The molecule has 0 aliphatic rings. The van der Waals surface area contributed by atoms with Crippen LogP contribution in [0.2, 0.25) is 0 Å². The van der Waals surface area contributed by atoms with Gasteiger partial charge in [0.2, 0.25) is 0 Å². The minimum absolute atomic E-state index is 0.0216. The number of hydrogen-bond acceptors (Lipinski definition) is 5. The highest BCUT2D eigenvalue weighted by atomic mass is 32.1. The van der Waals surface area contributed by atoms with Crippen LogP contribution in [0.3, 0.4) is 0 Å². The zero-order chi connectivity index (χ0) is 13.2. The van der Waals surface area contributed by atoms with E-state index >= 15 is 0 Å². The fourth-order valence-electron chi connectivity index (χ4n) is 1.85. The highest BCUT2D eigenvalue weighted by Crippen LogP contribution is 2.23. The highest BCUT2D eigenvalue weighted by molar-refractivity contribution is 7.17. The Morgan fingerprint density at radius 3 is 2.83 bits per heavy atom. The summed E-state index contributed by atoms with van der Waals surface area (Å²) in [5.41, 5.74) is 1.38. The van der Waals surface area contributed by atoms with Crippen molar-refractivity contribution in [3.63, 3.8) is 0 Å². The van der Waals surface area contributed by atoms with Crippen molar-refractivity contribution in [3.05, 3.63) is 29.3 Å². The maximum absolute atomic E-state index is 9.28. The molecule has 1 unspecified atom stereocenters. The Bertz CT molecular complexity index is 522. The van der Waals surface area contributed by atoms with Gasteiger partial charge in [0.15, 0.2) is 0 Å². The Balaban J connectivity index is 2.19. The zero-order valence-electron chi connectivity index (χ0n) is 10.6. The molecule has 0 aliphatic carbocycles. The molecule has 0 fully saturated rings. The molecular formula is C13H18N2O2S. The van der Waals surface area contributed by atoms with Crippen molar-refractivity contribution >= 4 is 21.6 Å². The molecule has 2 rings (SSSR count). The minimum atomic E-state index is -0.677. The van der Waals surface area contributed by atoms with Gasteiger partial charge in [0.25, 0.3) is 0 Å². The Kier molecular flexibility index (Phi) is 3.97. The third kappa shape index (κ3) is 2.70. The molecule has 3 N–H and O–H groups in total. The van der Waals surface area contributed by atoms with Crippen LogP contribution in [0.25, 0.3) is 10.2 Å². The van der Waals surface area contributed by atoms with E-state index < -0.39 is 5.54 Å². The molecule has 18 heavy (non-hydrogen) atoms. The van der Waals surface area contributed by atoms with E-state index in [9.17, 15) is 10.2 Å². The van der Waals surface area contributed by atoms with Gasteiger partial charge < -0.3 is 15.5 Å². The van der Waals surface area contributed by atoms with Crippen molar-refractivity contribution in [3.8, 4) is 0 Å². The second kappa shape index (κ2) is 5.32. The van der Waals surface area contributed by atoms with Crippen molar-refractivity contribution < 1.29 is 10.2 Å². The van der Waals surface area contributed by atoms with E-state index in [-0.39, 0.29) is 19.3 Å². The molecule has 2 aromatic heterocycles. The molecule has 0 bridgehead atoms. The minimum Gasteiger partial charge on any atom is -0.394 e. The third-order valence-electron chi connectivity index (χ3n) is 3.09. The van der Waals surface area contributed by atoms with Crippen LogP contribution in [0.4, 0.5) is 0 Å². The van der Waals surface area contributed by atoms with E-state index in [4.69, 9.17) is 0 Å². The van der Waals surface area contributed by atoms with Gasteiger partial charge in [-0.3, -0.25) is 4.98 Å². The van der Waals surface area contributed by atoms with Crippen LogP contribution in [0, 0.1) is 0 Å². The summed E-state index contributed by atoms with van der Waals surface area (Å²) in [6, 6.07) is 4.11. The summed E-state index contributed by atoms with van der Waals surface area (Å²) in [4.78, 5) is 4.39. The molecule has 2 heterocycles. The van der Waals surface area contributed by atoms with Crippen molar-refractivity contribution in [2.45, 2.75) is 25.4 Å². The second-order valence-corrected chi connectivity index (χ2v) is 5.76. The van der Waals surface area contributed by atoms with Gasteiger partial charge in [0, 0.05) is 12.2 Å². The van der Waals surface area contributed by atoms with Gasteiger partial charge in [0.1, 0.15) is 0 Å². The Hall–Kier alpha value is -1.01. The van der Waals surface area contributed by atoms with Crippen LogP contribution in [-0.4, -0.2) is 33.9 Å². The quantitative estimate of drug-likeness (QED) is 0.770. The monoisotopic (exact) mass is 266 g/mol. The van der Waals surface area contributed by atoms with E-state index in [1.165, 1.54) is 0 Å². The highest BCUT2D eigenvalue weighted by Gasteiger charge is 2.24. The number of nitrogens with zero attached hydrogens (tertiary/aromatic N) is 1. The van der Waals surface area contributed by atoms with E-state index in [0.29, 0.717) is 0 Å². The average molecular weight is 266 g/mol. The number of nitrogens with one attached hydrogen (secondary N) is 1. The molecule has 0 radical (unpaired) electrons. The lowest BCUT2D eigenvalue weighted by Crippen LogP contribution is -2.49. The Labute approximate surface area is 110 Å². The third-order valence-corrected chi connectivity index (χ3v) is 3.94. The van der Waals surface area contributed by atoms with E-state index in [1.54, 1.807) is 18.3 Å². The molecule has 0 amide bonds. The van der Waals surface area contributed by atoms with Crippen LogP contribution in [0.5, 0.6) is 0 Å². The largest absolute Gasteiger partial charge is 0.394 e. The van der Waals surface area contributed by atoms with E-state index in [1.807, 2.05) is 24.6 Å². The molecule has 2 aromatic rings. The SMILES string of the molecule is CC(NC(C)(CO)CO)c1cnc2ccsc2c1. The number of fused-ring (bicyclic) bond motifs is 1. The molecule has 0 aromatic carbocycles. The van der Waals surface area contributed by atoms with Gasteiger partial charge in [-0.15, -0.1) is 11.3 Å². The van der Waals surface area contributed by atoms with E-state index in [0.717, 1.165) is 15.8 Å². The van der Waals surface area contributed by atoms with Crippen molar-refractivity contribution in [1.29, 1.82) is 0 Å². The molecule has 1 atom stereocenters. The van der Waals surface area contributed by atoms with Crippen LogP contribution in [0.15, 0.2) is 23.7 Å². The number of pyridine rings is 1. The van der Waals surface area contributed by atoms with Crippen molar-refractivity contribution in [1.82, 2.24) is 10.3 Å². The van der Waals surface area contributed by atoms with Gasteiger partial charge in [-0.1, -0.05) is 0 Å². The van der Waals surface area contributed by atoms with Crippen LogP contribution in [-0.2, 0) is 0 Å². The van der Waals surface area contributed by atoms with Crippen LogP contribution < -0.4 is 5.32 Å². The summed E-state index contributed by atoms with van der Waals surface area (Å²) >= 11 is 1.66. The number of hydrogen-bond donors (Lipinski definition) is 3. The lowest BCUT2D eigenvalue weighted by molar-refractivity contribution is 0.0957. The fourth-order valence-corrected chi connectivity index (χ4v) is 2.63. The predicted octanol–water partition coefficient (Wildman–Crippen LogP) is 1.69. The summed E-state index contributed by atoms with van der Waals surface area (Å²) in [6.07, 6.45) is 1.84. The first-order chi connectivity index (χ1) is 8.58. The maximum atomic E-state index is 9.28. The normalized spacial score (nSPS) is 14.0. The second-order valence-electron chi connectivity index (χ2n) is 4.82. The summed E-state index contributed by atoms with van der Waals surface area (Å²) in [5.74, 6) is 0. The van der Waals surface area contributed by atoms with Gasteiger partial charge in [-0.25, -0.2) is 0 Å². The van der Waals surface area contributed by atoms with Gasteiger partial charge in [-0.05, 0) is 36.9 Å². The summed E-state index contributed by atoms with van der Waals surface area (Å²) < 4.78 is 1.15. The number of aromatic nitrogens is 1. The lowest BCUT2D eigenvalue weighted by atomic mass is 10.0. The van der Waals surface area contributed by atoms with Crippen molar-refractivity contribution in [2.75, 3.05) is 13.2 Å². The molecule has 4 nitrogen and oxygen atoms in total. The number of thiophene rings is 1. The molecule has 98 valence electrons. The molecule has 0 saturated heterocycles. The number of aliphatic hydroxyl groups is 2. The van der Waals surface area contributed by atoms with Gasteiger partial charge >= 0.3 is 0 Å². The van der Waals surface area contributed by atoms with Crippen LogP contribution >= 0.6 is 11.3 Å². The Morgan fingerprint density at radius 1 is 1.44 bits per heavy atom. The first-order valence-corrected chi connectivity index (χ1v) is 6.78. The number of aliphatic hydroxyl groups excluding tert-OH is 2. The molecule has 0 aliphatic heterocycles. The van der Waals surface area contributed by atoms with Crippen LogP contribution in [0.1, 0.15) is 25.5 Å². The molecular weight excluding hydrogens is 248 g/mol. The number of rotatable bonds is 5. The van der Waals surface area contributed by atoms with Gasteiger partial charge in [0.05, 0.1) is 29.0 Å². The fraction of sp³-hybridized carbons (Fsp3) is 0.462. The summed E-state index contributed by atoms with van der Waals surface area (Å²) in [6.45, 7) is 3.58. The average Bonchev–Trinajstić information content (AvgIpc) is 2.85. The Morgan fingerprint density at radius 2 is 2.17 bits per heavy atom. The predicted molar refractivity (Wildman–Crippen MR) is 73.7 cm³/mol. The van der Waals surface area contributed by atoms with Crippen molar-refractivity contribution in [2.24, 2.45) is 0 Å². The summed E-state index contributed by atoms with van der Waals surface area (Å²) in [5, 5.41) is 23.8. The zero-order valence-corrected chi connectivity index (χ0v) is 11.4. The molecule has 0 saturated carbocycles. The summed E-state index contributed by atoms with van der Waals surface area (Å²) in [7, 11) is 0. The topological polar surface area (TPSA) is 65.4 Å². The van der Waals surface area contributed by atoms with E-state index in [2.05, 4.69) is 16.4 Å². The lowest BCUT2D eigenvalue weighted by Gasteiger charge is -2.30. The molecule has 5 heteroatoms. The maximum Gasteiger partial charge on any atom is 0.0809 e. The standard InChI is InChI=1S/C13H18N2O2S/c1-9(15-13(2,7-16)8-17)10-5-12-11(14-6-10)3-4-18-12/h3-6,9,15-17H,7-8H2,1-2H3. The first-order valence-electron chi connectivity index (χ1n) is 5.90.